The van der Waals surface area contributed by atoms with Crippen molar-refractivity contribution in [1.82, 2.24) is 25.3 Å². The number of thiophene rings is 1. The number of carbonyl (C=O) groups excluding carboxylic acids is 1. The van der Waals surface area contributed by atoms with Crippen LogP contribution in [-0.4, -0.2) is 39.0 Å². The molecule has 0 unspecified atom stereocenters. The lowest BCUT2D eigenvalue weighted by atomic mass is 9.96. The number of carbonyl (C=O) groups is 1. The lowest BCUT2D eigenvalue weighted by Crippen LogP contribution is -2.40. The third kappa shape index (κ3) is 3.86. The minimum absolute atomic E-state index is 0.0312. The van der Waals surface area contributed by atoms with Crippen molar-refractivity contribution in [1.29, 1.82) is 0 Å². The molecule has 32 heavy (non-hydrogen) atoms. The number of anilines is 1. The number of hydrogen-bond donors (Lipinski definition) is 1. The molecule has 1 N–H and O–H groups in total. The molecule has 0 spiro atoms. The summed E-state index contributed by atoms with van der Waals surface area (Å²) in [4.78, 5) is 16.0. The maximum Gasteiger partial charge on any atom is 0.223 e. The highest BCUT2D eigenvalue weighted by Gasteiger charge is 2.28. The van der Waals surface area contributed by atoms with Gasteiger partial charge in [-0.05, 0) is 50.3 Å². The van der Waals surface area contributed by atoms with Gasteiger partial charge in [0, 0.05) is 23.9 Å². The normalized spacial score (nSPS) is 14.8. The molecule has 4 heterocycles. The predicted molar refractivity (Wildman–Crippen MR) is 127 cm³/mol. The van der Waals surface area contributed by atoms with Crippen molar-refractivity contribution in [3.8, 4) is 5.69 Å². The van der Waals surface area contributed by atoms with Crippen LogP contribution in [0.2, 0.25) is 0 Å². The van der Waals surface area contributed by atoms with Gasteiger partial charge < -0.3 is 10.2 Å². The third-order valence-corrected chi connectivity index (χ3v) is 7.04. The number of hydrogen-bond acceptors (Lipinski definition) is 6. The Labute approximate surface area is 191 Å². The standard InChI is InChI=1S/C24H26N6OS/c1-16-21-17(2)30(19-7-4-3-5-8-19)28-22(21)23(27-26-16)29-12-10-18(11-13-29)24(31)25-15-20-9-6-14-32-20/h3-9,14,18H,10-13,15H2,1-2H3,(H,25,31). The smallest absolute Gasteiger partial charge is 0.223 e. The molecule has 1 amide bonds. The van der Waals surface area contributed by atoms with Gasteiger partial charge in [-0.2, -0.15) is 10.2 Å². The van der Waals surface area contributed by atoms with Crippen LogP contribution in [0.4, 0.5) is 5.82 Å². The SMILES string of the molecule is Cc1nnc(N2CCC(C(=O)NCc3cccs3)CC2)c2nn(-c3ccccc3)c(C)c12. The highest BCUT2D eigenvalue weighted by Crippen LogP contribution is 2.31. The van der Waals surface area contributed by atoms with E-state index in [1.165, 1.54) is 4.88 Å². The number of benzene rings is 1. The number of nitrogens with zero attached hydrogens (tertiary/aromatic N) is 5. The van der Waals surface area contributed by atoms with Crippen molar-refractivity contribution in [2.24, 2.45) is 5.92 Å². The summed E-state index contributed by atoms with van der Waals surface area (Å²) in [6, 6.07) is 14.2. The van der Waals surface area contributed by atoms with E-state index in [1.807, 2.05) is 47.3 Å². The molecular formula is C24H26N6OS. The van der Waals surface area contributed by atoms with Gasteiger partial charge in [-0.15, -0.1) is 16.4 Å². The van der Waals surface area contributed by atoms with Crippen LogP contribution in [0.3, 0.4) is 0 Å². The predicted octanol–water partition coefficient (Wildman–Crippen LogP) is 4.03. The van der Waals surface area contributed by atoms with Gasteiger partial charge in [-0.1, -0.05) is 24.3 Å². The Hall–Kier alpha value is -3.26. The summed E-state index contributed by atoms with van der Waals surface area (Å²) in [7, 11) is 0. The Kier molecular flexibility index (Phi) is 5.61. The van der Waals surface area contributed by atoms with E-state index < -0.39 is 0 Å². The molecule has 0 atom stereocenters. The summed E-state index contributed by atoms with van der Waals surface area (Å²) >= 11 is 1.67. The van der Waals surface area contributed by atoms with Gasteiger partial charge in [0.2, 0.25) is 5.91 Å². The largest absolute Gasteiger partial charge is 0.353 e. The van der Waals surface area contributed by atoms with Gasteiger partial charge in [-0.25, -0.2) is 4.68 Å². The number of fused-ring (bicyclic) bond motifs is 1. The van der Waals surface area contributed by atoms with Crippen molar-refractivity contribution >= 4 is 34.0 Å². The van der Waals surface area contributed by atoms with Gasteiger partial charge in [0.1, 0.15) is 5.52 Å². The Morgan fingerprint density at radius 3 is 2.59 bits per heavy atom. The number of aromatic nitrogens is 4. The van der Waals surface area contributed by atoms with Crippen LogP contribution < -0.4 is 10.2 Å². The molecule has 0 radical (unpaired) electrons. The summed E-state index contributed by atoms with van der Waals surface area (Å²) in [5.74, 6) is 0.979. The Bertz CT molecular complexity index is 1230. The van der Waals surface area contributed by atoms with Gasteiger partial charge in [0.25, 0.3) is 0 Å². The molecule has 1 aromatic carbocycles. The van der Waals surface area contributed by atoms with E-state index in [4.69, 9.17) is 5.10 Å². The topological polar surface area (TPSA) is 75.9 Å². The zero-order valence-corrected chi connectivity index (χ0v) is 19.1. The second-order valence-electron chi connectivity index (χ2n) is 8.22. The molecule has 164 valence electrons. The van der Waals surface area contributed by atoms with Crippen LogP contribution in [0.5, 0.6) is 0 Å². The van der Waals surface area contributed by atoms with Crippen LogP contribution in [0, 0.1) is 19.8 Å². The molecule has 1 saturated heterocycles. The average molecular weight is 447 g/mol. The monoisotopic (exact) mass is 446 g/mol. The summed E-state index contributed by atoms with van der Waals surface area (Å²) in [5.41, 5.74) is 3.83. The van der Waals surface area contributed by atoms with Crippen molar-refractivity contribution in [2.45, 2.75) is 33.2 Å². The van der Waals surface area contributed by atoms with Crippen LogP contribution in [0.25, 0.3) is 16.6 Å². The van der Waals surface area contributed by atoms with E-state index in [0.717, 1.165) is 59.7 Å². The van der Waals surface area contributed by atoms with Crippen molar-refractivity contribution < 1.29 is 4.79 Å². The molecule has 1 aliphatic rings. The first-order valence-corrected chi connectivity index (χ1v) is 11.8. The fourth-order valence-electron chi connectivity index (χ4n) is 4.43. The summed E-state index contributed by atoms with van der Waals surface area (Å²) in [5, 5.41) is 20.1. The quantitative estimate of drug-likeness (QED) is 0.501. The van der Waals surface area contributed by atoms with E-state index in [0.29, 0.717) is 6.54 Å². The summed E-state index contributed by atoms with van der Waals surface area (Å²) in [6.07, 6.45) is 1.59. The highest BCUT2D eigenvalue weighted by atomic mass is 32.1. The third-order valence-electron chi connectivity index (χ3n) is 6.17. The van der Waals surface area contributed by atoms with Crippen molar-refractivity contribution in [2.75, 3.05) is 18.0 Å². The van der Waals surface area contributed by atoms with Crippen molar-refractivity contribution in [3.63, 3.8) is 0 Å². The lowest BCUT2D eigenvalue weighted by molar-refractivity contribution is -0.125. The molecule has 1 aliphatic heterocycles. The van der Waals surface area contributed by atoms with Gasteiger partial charge >= 0.3 is 0 Å². The Morgan fingerprint density at radius 2 is 1.88 bits per heavy atom. The molecule has 7 nitrogen and oxygen atoms in total. The number of aryl methyl sites for hydroxylation is 2. The number of rotatable bonds is 5. The van der Waals surface area contributed by atoms with Gasteiger partial charge in [0.05, 0.1) is 29.0 Å². The molecule has 0 bridgehead atoms. The van der Waals surface area contributed by atoms with Crippen LogP contribution >= 0.6 is 11.3 Å². The molecule has 4 aromatic rings. The number of para-hydroxylation sites is 1. The first-order chi connectivity index (χ1) is 15.6. The first kappa shape index (κ1) is 20.6. The number of amides is 1. The fraction of sp³-hybridized carbons (Fsp3) is 0.333. The second-order valence-corrected chi connectivity index (χ2v) is 9.26. The van der Waals surface area contributed by atoms with Gasteiger partial charge in [0.15, 0.2) is 5.82 Å². The zero-order chi connectivity index (χ0) is 22.1. The van der Waals surface area contributed by atoms with Crippen LogP contribution in [-0.2, 0) is 11.3 Å². The maximum absolute atomic E-state index is 12.6. The number of piperidine rings is 1. The molecule has 0 saturated carbocycles. The molecule has 1 fully saturated rings. The van der Waals surface area contributed by atoms with E-state index in [-0.39, 0.29) is 11.8 Å². The molecule has 5 rings (SSSR count). The Balaban J connectivity index is 1.34. The summed E-state index contributed by atoms with van der Waals surface area (Å²) < 4.78 is 1.97. The van der Waals surface area contributed by atoms with E-state index >= 15 is 0 Å². The van der Waals surface area contributed by atoms with Crippen molar-refractivity contribution in [3.05, 3.63) is 64.1 Å². The van der Waals surface area contributed by atoms with E-state index in [1.54, 1.807) is 11.3 Å². The van der Waals surface area contributed by atoms with E-state index in [2.05, 4.69) is 39.5 Å². The average Bonchev–Trinajstić information content (AvgIpc) is 3.47. The maximum atomic E-state index is 12.6. The molecule has 0 aliphatic carbocycles. The lowest BCUT2D eigenvalue weighted by Gasteiger charge is -2.31. The molecule has 3 aromatic heterocycles. The number of nitrogens with one attached hydrogen (secondary N) is 1. The first-order valence-electron chi connectivity index (χ1n) is 10.9. The minimum Gasteiger partial charge on any atom is -0.353 e. The van der Waals surface area contributed by atoms with E-state index in [9.17, 15) is 4.79 Å². The fourth-order valence-corrected chi connectivity index (χ4v) is 5.08. The molecule has 8 heteroatoms. The van der Waals surface area contributed by atoms with Gasteiger partial charge in [-0.3, -0.25) is 4.79 Å². The Morgan fingerprint density at radius 1 is 1.09 bits per heavy atom. The highest BCUT2D eigenvalue weighted by molar-refractivity contribution is 7.09. The van der Waals surface area contributed by atoms with Crippen LogP contribution in [0.15, 0.2) is 47.8 Å². The molecular weight excluding hydrogens is 420 g/mol. The summed E-state index contributed by atoms with van der Waals surface area (Å²) in [6.45, 7) is 6.19. The minimum atomic E-state index is 0.0312. The zero-order valence-electron chi connectivity index (χ0n) is 18.3. The van der Waals surface area contributed by atoms with Crippen LogP contribution in [0.1, 0.15) is 29.1 Å². The second kappa shape index (κ2) is 8.70.